The Labute approximate surface area is 641 Å². The van der Waals surface area contributed by atoms with Crippen molar-refractivity contribution in [3.8, 4) is 0 Å². The highest BCUT2D eigenvalue weighted by atomic mass is 31.2. The van der Waals surface area contributed by atoms with Gasteiger partial charge in [-0.2, -0.15) is 0 Å². The zero-order valence-corrected chi connectivity index (χ0v) is 70.2. The fourth-order valence-corrected chi connectivity index (χ4v) is 14.4. The zero-order chi connectivity index (χ0) is 74.7. The van der Waals surface area contributed by atoms with E-state index in [4.69, 9.17) is 18.5 Å². The molecule has 0 spiro atoms. The molecule has 604 valence electrons. The molecular formula is C93H174NO8P. The van der Waals surface area contributed by atoms with Gasteiger partial charge < -0.3 is 27.9 Å². The minimum Gasteiger partial charge on any atom is -0.756 e. The fraction of sp³-hybridized carbons (Fsp3) is 0.849. The van der Waals surface area contributed by atoms with Crippen LogP contribution in [0.5, 0.6) is 0 Å². The average molecular weight is 1470 g/mol. The second-order valence-corrected chi connectivity index (χ2v) is 33.4. The van der Waals surface area contributed by atoms with Gasteiger partial charge in [-0.25, -0.2) is 0 Å². The van der Waals surface area contributed by atoms with Gasteiger partial charge in [0.25, 0.3) is 7.82 Å². The van der Waals surface area contributed by atoms with Crippen molar-refractivity contribution in [1.82, 2.24) is 0 Å². The summed E-state index contributed by atoms with van der Waals surface area (Å²) in [4.78, 5) is 38.3. The smallest absolute Gasteiger partial charge is 0.306 e. The van der Waals surface area contributed by atoms with Crippen molar-refractivity contribution in [2.24, 2.45) is 0 Å². The van der Waals surface area contributed by atoms with Crippen LogP contribution in [0.4, 0.5) is 0 Å². The van der Waals surface area contributed by atoms with E-state index in [9.17, 15) is 19.0 Å². The molecule has 0 aromatic rings. The van der Waals surface area contributed by atoms with Gasteiger partial charge in [0.1, 0.15) is 19.8 Å². The number of allylic oxidation sites excluding steroid dienone is 12. The van der Waals surface area contributed by atoms with E-state index in [1.165, 1.54) is 353 Å². The van der Waals surface area contributed by atoms with Crippen LogP contribution >= 0.6 is 7.82 Å². The molecule has 9 nitrogen and oxygen atoms in total. The molecule has 0 aromatic heterocycles. The Bertz CT molecular complexity index is 1970. The molecule has 0 N–H and O–H groups in total. The molecule has 103 heavy (non-hydrogen) atoms. The average Bonchev–Trinajstić information content (AvgIpc) is 0.971. The molecule has 0 saturated carbocycles. The number of esters is 2. The Balaban J connectivity index is 3.85. The largest absolute Gasteiger partial charge is 0.756 e. The van der Waals surface area contributed by atoms with Gasteiger partial charge in [-0.15, -0.1) is 0 Å². The summed E-state index contributed by atoms with van der Waals surface area (Å²) in [6.07, 6.45) is 115. The van der Waals surface area contributed by atoms with E-state index in [1.54, 1.807) is 0 Å². The summed E-state index contributed by atoms with van der Waals surface area (Å²) < 4.78 is 34.5. The summed E-state index contributed by atoms with van der Waals surface area (Å²) in [7, 11) is 1.19. The first-order chi connectivity index (χ1) is 50.5. The first kappa shape index (κ1) is 100. The normalized spacial score (nSPS) is 13.3. The molecule has 0 aromatic carbocycles. The second-order valence-electron chi connectivity index (χ2n) is 31.9. The fourth-order valence-electron chi connectivity index (χ4n) is 13.7. The van der Waals surface area contributed by atoms with Crippen molar-refractivity contribution in [2.75, 3.05) is 47.5 Å². The first-order valence-electron chi connectivity index (χ1n) is 45.1. The van der Waals surface area contributed by atoms with Gasteiger partial charge in [0.15, 0.2) is 6.10 Å². The van der Waals surface area contributed by atoms with Gasteiger partial charge in [-0.1, -0.05) is 453 Å². The lowest BCUT2D eigenvalue weighted by Gasteiger charge is -2.28. The van der Waals surface area contributed by atoms with Gasteiger partial charge in [0, 0.05) is 12.8 Å². The number of phosphoric ester groups is 1. The van der Waals surface area contributed by atoms with Gasteiger partial charge in [-0.05, 0) is 64.2 Å². The van der Waals surface area contributed by atoms with Gasteiger partial charge >= 0.3 is 11.9 Å². The molecule has 0 aliphatic carbocycles. The molecule has 0 radical (unpaired) electrons. The van der Waals surface area contributed by atoms with Crippen molar-refractivity contribution in [3.63, 3.8) is 0 Å². The van der Waals surface area contributed by atoms with E-state index in [-0.39, 0.29) is 32.0 Å². The molecule has 0 fully saturated rings. The molecule has 0 amide bonds. The summed E-state index contributed by atoms with van der Waals surface area (Å²) in [5, 5.41) is 0. The van der Waals surface area contributed by atoms with Crippen molar-refractivity contribution in [3.05, 3.63) is 72.9 Å². The number of carbonyl (C=O) groups excluding carboxylic acids is 2. The van der Waals surface area contributed by atoms with Crippen LogP contribution in [-0.4, -0.2) is 70.0 Å². The molecule has 10 heteroatoms. The number of likely N-dealkylation sites (N-methyl/N-ethyl adjacent to an activating group) is 1. The Morgan fingerprint density at radius 3 is 0.825 bits per heavy atom. The van der Waals surface area contributed by atoms with Crippen LogP contribution in [0.15, 0.2) is 72.9 Å². The van der Waals surface area contributed by atoms with Gasteiger partial charge in [0.05, 0.1) is 27.7 Å². The van der Waals surface area contributed by atoms with Crippen LogP contribution < -0.4 is 4.89 Å². The second kappa shape index (κ2) is 83.5. The lowest BCUT2D eigenvalue weighted by atomic mass is 10.0. The number of ether oxygens (including phenoxy) is 2. The minimum atomic E-state index is -4.65. The molecule has 2 unspecified atom stereocenters. The maximum Gasteiger partial charge on any atom is 0.306 e. The summed E-state index contributed by atoms with van der Waals surface area (Å²) >= 11 is 0. The summed E-state index contributed by atoms with van der Waals surface area (Å²) in [6.45, 7) is 4.21. The lowest BCUT2D eigenvalue weighted by Crippen LogP contribution is -2.37. The minimum absolute atomic E-state index is 0.0282. The number of nitrogens with zero attached hydrogens (tertiary/aromatic N) is 1. The van der Waals surface area contributed by atoms with E-state index in [0.717, 1.165) is 70.6 Å². The highest BCUT2D eigenvalue weighted by Crippen LogP contribution is 2.38. The van der Waals surface area contributed by atoms with E-state index < -0.39 is 26.5 Å². The van der Waals surface area contributed by atoms with Crippen LogP contribution in [0.3, 0.4) is 0 Å². The van der Waals surface area contributed by atoms with Crippen molar-refractivity contribution in [1.29, 1.82) is 0 Å². The van der Waals surface area contributed by atoms with Gasteiger partial charge in [-0.3, -0.25) is 14.2 Å². The monoisotopic (exact) mass is 1460 g/mol. The van der Waals surface area contributed by atoms with Crippen molar-refractivity contribution in [2.45, 2.75) is 463 Å². The maximum absolute atomic E-state index is 12.9. The van der Waals surface area contributed by atoms with Crippen LogP contribution in [-0.2, 0) is 32.7 Å². The van der Waals surface area contributed by atoms with Crippen molar-refractivity contribution >= 4 is 19.8 Å². The summed E-state index contributed by atoms with van der Waals surface area (Å²) in [5.74, 6) is -0.807. The van der Waals surface area contributed by atoms with Crippen LogP contribution in [0.1, 0.15) is 457 Å². The quantitative estimate of drug-likeness (QED) is 0.0195. The Kier molecular flexibility index (Phi) is 81.4. The molecule has 0 rings (SSSR count). The van der Waals surface area contributed by atoms with E-state index in [2.05, 4.69) is 86.8 Å². The van der Waals surface area contributed by atoms with E-state index in [0.29, 0.717) is 17.4 Å². The molecule has 0 saturated heterocycles. The zero-order valence-electron chi connectivity index (χ0n) is 69.3. The van der Waals surface area contributed by atoms with Crippen LogP contribution in [0, 0.1) is 0 Å². The first-order valence-corrected chi connectivity index (χ1v) is 46.6. The van der Waals surface area contributed by atoms with Crippen LogP contribution in [0.25, 0.3) is 0 Å². The van der Waals surface area contributed by atoms with E-state index >= 15 is 0 Å². The maximum atomic E-state index is 12.9. The number of hydrogen-bond acceptors (Lipinski definition) is 8. The predicted molar refractivity (Wildman–Crippen MR) is 448 cm³/mol. The SMILES string of the molecule is CC/C=C\C/C=C\C/C=C\C/C=C\C/C=C\C/C=C\CCCCCCCCCCCCCCCCCCCCCCCCC(=O)OC(COC(=O)CCCCCCCCCCCCCCCCCCCCCCCCCCCCCCCCCCCCCCCC)COP(=O)([O-])OCC[N+](C)(C)C. The Morgan fingerprint density at radius 1 is 0.311 bits per heavy atom. The third kappa shape index (κ3) is 88.2. The van der Waals surface area contributed by atoms with Crippen molar-refractivity contribution < 1.29 is 42.1 Å². The molecule has 0 aliphatic rings. The number of quaternary nitrogens is 1. The number of carbonyl (C=O) groups is 2. The number of hydrogen-bond donors (Lipinski definition) is 0. The summed E-state index contributed by atoms with van der Waals surface area (Å²) in [6, 6.07) is 0. The van der Waals surface area contributed by atoms with Crippen LogP contribution in [0.2, 0.25) is 0 Å². The van der Waals surface area contributed by atoms with Gasteiger partial charge in [0.2, 0.25) is 0 Å². The lowest BCUT2D eigenvalue weighted by molar-refractivity contribution is -0.870. The highest BCUT2D eigenvalue weighted by Gasteiger charge is 2.22. The molecular weight excluding hydrogens is 1290 g/mol. The molecule has 0 heterocycles. The highest BCUT2D eigenvalue weighted by molar-refractivity contribution is 7.45. The number of phosphoric acid groups is 1. The number of rotatable bonds is 85. The number of unbranched alkanes of at least 4 members (excludes halogenated alkanes) is 59. The van der Waals surface area contributed by atoms with E-state index in [1.807, 2.05) is 21.1 Å². The third-order valence-corrected chi connectivity index (χ3v) is 21.5. The molecule has 0 bridgehead atoms. The topological polar surface area (TPSA) is 111 Å². The Morgan fingerprint density at radius 2 is 0.553 bits per heavy atom. The molecule has 2 atom stereocenters. The standard InChI is InChI=1S/C93H174NO8P/c1-6-8-10-12-14-16-18-20-22-24-26-28-30-32-34-36-38-40-42-44-46-47-48-50-52-54-56-58-60-62-64-66-68-70-72-74-76-78-80-82-84-86-93(96)102-91(90-101-103(97,98)100-88-87-94(3,4)5)89-99-92(95)85-83-81-79-77-75-73-71-69-67-65-63-61-59-57-55-53-51-49-45-43-41-39-37-35-33-31-29-27-25-23-21-19-17-15-13-11-9-7-2/h8,10,14,16,20,22,26,28,32,34,38,40,91H,6-7,9,11-13,15,17-19,21,23-25,27,29-31,33,35-37,39,41-90H2,1-5H3/b10-8-,16-14-,22-20-,28-26-,34-32-,40-38-. The molecule has 0 aliphatic heterocycles. The Hall–Kier alpha value is -2.55. The third-order valence-electron chi connectivity index (χ3n) is 20.5. The predicted octanol–water partition coefficient (Wildman–Crippen LogP) is 29.9. The summed E-state index contributed by atoms with van der Waals surface area (Å²) in [5.41, 5.74) is 0.